The van der Waals surface area contributed by atoms with Gasteiger partial charge in [0.05, 0.1) is 5.39 Å². The van der Waals surface area contributed by atoms with E-state index >= 15 is 0 Å². The van der Waals surface area contributed by atoms with E-state index in [0.29, 0.717) is 42.0 Å². The molecule has 6 rings (SSSR count). The number of halogens is 1. The number of hydrogen-bond donors (Lipinski definition) is 1. The summed E-state index contributed by atoms with van der Waals surface area (Å²) < 4.78 is 5.91. The maximum Gasteiger partial charge on any atom is 0.287 e. The fraction of sp³-hybridized carbons (Fsp3) is 0.385. The highest BCUT2D eigenvalue weighted by molar-refractivity contribution is 6.30. The van der Waals surface area contributed by atoms with Gasteiger partial charge in [-0.05, 0) is 77.1 Å². The molecule has 0 unspecified atom stereocenters. The van der Waals surface area contributed by atoms with E-state index in [1.807, 2.05) is 46.2 Å². The predicted octanol–water partition coefficient (Wildman–Crippen LogP) is 6.61. The van der Waals surface area contributed by atoms with E-state index in [1.165, 1.54) is 11.6 Å². The van der Waals surface area contributed by atoms with E-state index in [2.05, 4.69) is 38.2 Å². The van der Waals surface area contributed by atoms with E-state index in [0.717, 1.165) is 42.5 Å². The summed E-state index contributed by atoms with van der Waals surface area (Å²) in [5, 5.41) is 3.87. The first kappa shape index (κ1) is 33.5. The van der Waals surface area contributed by atoms with Crippen LogP contribution in [0.2, 0.25) is 5.02 Å². The van der Waals surface area contributed by atoms with Crippen molar-refractivity contribution in [2.75, 3.05) is 19.6 Å². The maximum atomic E-state index is 14.1. The van der Waals surface area contributed by atoms with Crippen LogP contribution in [0.25, 0.3) is 11.0 Å². The second-order valence-corrected chi connectivity index (χ2v) is 14.4. The molecule has 1 atom stereocenters. The number of nitrogens with one attached hydrogen (secondary N) is 1. The number of rotatable bonds is 8. The summed E-state index contributed by atoms with van der Waals surface area (Å²) >= 11 is 6.12. The molecule has 0 saturated carbocycles. The zero-order valence-corrected chi connectivity index (χ0v) is 28.5. The Kier molecular flexibility index (Phi) is 9.74. The van der Waals surface area contributed by atoms with Gasteiger partial charge in [0.15, 0.2) is 11.2 Å². The van der Waals surface area contributed by atoms with Gasteiger partial charge < -0.3 is 19.5 Å². The van der Waals surface area contributed by atoms with Crippen molar-refractivity contribution < 1.29 is 18.8 Å². The summed E-state index contributed by atoms with van der Waals surface area (Å²) in [7, 11) is 0. The van der Waals surface area contributed by atoms with Crippen LogP contribution in [0, 0.1) is 0 Å². The molecule has 2 aliphatic heterocycles. The first-order valence-corrected chi connectivity index (χ1v) is 17.1. The van der Waals surface area contributed by atoms with Gasteiger partial charge in [-0.2, -0.15) is 0 Å². The van der Waals surface area contributed by atoms with Crippen molar-refractivity contribution >= 4 is 40.3 Å². The number of benzene rings is 3. The van der Waals surface area contributed by atoms with Crippen molar-refractivity contribution in [1.82, 2.24) is 15.1 Å². The molecular weight excluding hydrogens is 626 g/mol. The minimum Gasteiger partial charge on any atom is -0.451 e. The molecule has 2 fully saturated rings. The third-order valence-corrected chi connectivity index (χ3v) is 9.86. The topological polar surface area (TPSA) is 99.9 Å². The van der Waals surface area contributed by atoms with Gasteiger partial charge in [-0.1, -0.05) is 74.8 Å². The molecule has 3 heterocycles. The van der Waals surface area contributed by atoms with Crippen molar-refractivity contribution in [1.29, 1.82) is 0 Å². The van der Waals surface area contributed by atoms with Gasteiger partial charge >= 0.3 is 0 Å². The normalized spacial score (nSPS) is 16.4. The third kappa shape index (κ3) is 7.49. The summed E-state index contributed by atoms with van der Waals surface area (Å²) in [5.74, 6) is -0.488. The minimum absolute atomic E-state index is 0.142. The second-order valence-electron chi connectivity index (χ2n) is 14.0. The zero-order valence-electron chi connectivity index (χ0n) is 27.8. The molecule has 1 N–H and O–H groups in total. The van der Waals surface area contributed by atoms with E-state index in [-0.39, 0.29) is 40.8 Å². The molecule has 0 bridgehead atoms. The lowest BCUT2D eigenvalue weighted by Crippen LogP contribution is -2.51. The molecule has 2 saturated heterocycles. The van der Waals surface area contributed by atoms with Crippen molar-refractivity contribution in [3.63, 3.8) is 0 Å². The van der Waals surface area contributed by atoms with Crippen LogP contribution < -0.4 is 10.7 Å². The predicted molar refractivity (Wildman–Crippen MR) is 187 cm³/mol. The highest BCUT2D eigenvalue weighted by Crippen LogP contribution is 2.32. The monoisotopic (exact) mass is 667 g/mol. The lowest BCUT2D eigenvalue weighted by molar-refractivity contribution is -0.134. The smallest absolute Gasteiger partial charge is 0.287 e. The molecule has 2 aliphatic rings. The molecule has 48 heavy (non-hydrogen) atoms. The largest absolute Gasteiger partial charge is 0.451 e. The second kappa shape index (κ2) is 14.0. The Labute approximate surface area is 286 Å². The third-order valence-electron chi connectivity index (χ3n) is 9.61. The number of carbonyl (C=O) groups is 3. The quantitative estimate of drug-likeness (QED) is 0.228. The number of piperidine rings is 1. The van der Waals surface area contributed by atoms with Crippen LogP contribution in [-0.4, -0.2) is 53.2 Å². The average Bonchev–Trinajstić information content (AvgIpc) is 3.48. The Hall–Kier alpha value is -4.43. The van der Waals surface area contributed by atoms with Gasteiger partial charge in [-0.25, -0.2) is 0 Å². The fourth-order valence-corrected chi connectivity index (χ4v) is 6.93. The highest BCUT2D eigenvalue weighted by atomic mass is 35.5. The Morgan fingerprint density at radius 3 is 2.38 bits per heavy atom. The average molecular weight is 668 g/mol. The standard InChI is InChI=1S/C39H42ClN3O5/c1-39(2,3)28-12-15-34-31(22-28)33(44)23-35(48-34)37(46)41-32(21-25-10-13-29(40)14-11-25)38(47)42-19-16-26(17-20-42)30-8-5-4-7-27(30)24-43-18-6-9-36(43)45/h4-5,7-8,10-15,22-23,26,32H,6,9,16-21,24H2,1-3H3,(H,41,46)/t32-/m1/s1. The summed E-state index contributed by atoms with van der Waals surface area (Å²) in [4.78, 5) is 56.8. The van der Waals surface area contributed by atoms with Gasteiger partial charge in [-0.3, -0.25) is 19.2 Å². The number of hydrogen-bond acceptors (Lipinski definition) is 5. The van der Waals surface area contributed by atoms with Crippen LogP contribution in [0.1, 0.15) is 85.2 Å². The summed E-state index contributed by atoms with van der Waals surface area (Å²) in [6.07, 6.45) is 3.31. The SMILES string of the molecule is CC(C)(C)c1ccc2oc(C(=O)N[C@H](Cc3ccc(Cl)cc3)C(=O)N3CCC(c4ccccc4CN4CCCC4=O)CC3)cc(=O)c2c1. The molecule has 250 valence electrons. The summed E-state index contributed by atoms with van der Waals surface area (Å²) in [6.45, 7) is 8.68. The van der Waals surface area contributed by atoms with E-state index < -0.39 is 11.9 Å². The van der Waals surface area contributed by atoms with Crippen LogP contribution in [0.15, 0.2) is 82.0 Å². The number of fused-ring (bicyclic) bond motifs is 1. The van der Waals surface area contributed by atoms with Crippen LogP contribution in [0.3, 0.4) is 0 Å². The van der Waals surface area contributed by atoms with Gasteiger partial charge in [0.2, 0.25) is 11.8 Å². The first-order chi connectivity index (χ1) is 23.0. The minimum atomic E-state index is -0.882. The zero-order chi connectivity index (χ0) is 34.0. The molecule has 0 spiro atoms. The van der Waals surface area contributed by atoms with Crippen LogP contribution in [0.4, 0.5) is 0 Å². The van der Waals surface area contributed by atoms with Crippen LogP contribution >= 0.6 is 11.6 Å². The Morgan fingerprint density at radius 1 is 0.958 bits per heavy atom. The highest BCUT2D eigenvalue weighted by Gasteiger charge is 2.32. The number of nitrogens with zero attached hydrogens (tertiary/aromatic N) is 2. The maximum absolute atomic E-state index is 14.1. The Balaban J connectivity index is 1.19. The molecule has 3 aromatic carbocycles. The fourth-order valence-electron chi connectivity index (χ4n) is 6.80. The van der Waals surface area contributed by atoms with Crippen molar-refractivity contribution in [2.24, 2.45) is 0 Å². The van der Waals surface area contributed by atoms with E-state index in [9.17, 15) is 19.2 Å². The van der Waals surface area contributed by atoms with Gasteiger partial charge in [-0.15, -0.1) is 0 Å². The van der Waals surface area contributed by atoms with Crippen molar-refractivity contribution in [3.8, 4) is 0 Å². The van der Waals surface area contributed by atoms with Gasteiger partial charge in [0.1, 0.15) is 11.6 Å². The molecule has 4 aromatic rings. The van der Waals surface area contributed by atoms with Crippen LogP contribution in [0.5, 0.6) is 0 Å². The van der Waals surface area contributed by atoms with Gasteiger partial charge in [0.25, 0.3) is 5.91 Å². The molecular formula is C39H42ClN3O5. The Morgan fingerprint density at radius 2 is 1.69 bits per heavy atom. The van der Waals surface area contributed by atoms with Crippen molar-refractivity contribution in [3.05, 3.63) is 116 Å². The van der Waals surface area contributed by atoms with Crippen molar-refractivity contribution in [2.45, 2.75) is 76.8 Å². The number of carbonyl (C=O) groups excluding carboxylic acids is 3. The molecule has 9 heteroatoms. The molecule has 8 nitrogen and oxygen atoms in total. The molecule has 0 radical (unpaired) electrons. The Bertz CT molecular complexity index is 1890. The van der Waals surface area contributed by atoms with E-state index in [1.54, 1.807) is 18.2 Å². The number of likely N-dealkylation sites (tertiary alicyclic amines) is 2. The van der Waals surface area contributed by atoms with Crippen LogP contribution in [-0.2, 0) is 28.0 Å². The lowest BCUT2D eigenvalue weighted by Gasteiger charge is -2.35. The van der Waals surface area contributed by atoms with E-state index in [4.69, 9.17) is 16.0 Å². The lowest BCUT2D eigenvalue weighted by atomic mass is 9.86. The molecule has 3 amide bonds. The first-order valence-electron chi connectivity index (χ1n) is 16.7. The summed E-state index contributed by atoms with van der Waals surface area (Å²) in [5.41, 5.74) is 4.07. The molecule has 1 aromatic heterocycles. The number of amides is 3. The summed E-state index contributed by atoms with van der Waals surface area (Å²) in [6, 6.07) is 21.2. The molecule has 0 aliphatic carbocycles. The van der Waals surface area contributed by atoms with Gasteiger partial charge in [0, 0.05) is 50.1 Å².